The van der Waals surface area contributed by atoms with Crippen LogP contribution >= 0.6 is 11.6 Å². The molecule has 3 aromatic rings. The summed E-state index contributed by atoms with van der Waals surface area (Å²) in [5.74, 6) is -1.20. The summed E-state index contributed by atoms with van der Waals surface area (Å²) in [5, 5.41) is 10.3. The van der Waals surface area contributed by atoms with Gasteiger partial charge in [0.15, 0.2) is 0 Å². The molecule has 2 aromatic carbocycles. The number of methoxy groups -OCH3 is 1. The van der Waals surface area contributed by atoms with E-state index in [1.54, 1.807) is 22.8 Å². The molecule has 0 aliphatic heterocycles. The number of esters is 1. The Morgan fingerprint density at radius 1 is 1.26 bits per heavy atom. The van der Waals surface area contributed by atoms with Crippen LogP contribution in [-0.4, -0.2) is 29.4 Å². The predicted molar refractivity (Wildman–Crippen MR) is 119 cm³/mol. The third-order valence-electron chi connectivity index (χ3n) is 5.62. The number of rotatable bonds is 6. The Morgan fingerprint density at radius 3 is 2.58 bits per heavy atom. The average molecular weight is 446 g/mol. The van der Waals surface area contributed by atoms with Crippen LogP contribution in [0.25, 0.3) is 10.9 Å². The molecule has 0 radical (unpaired) electrons. The van der Waals surface area contributed by atoms with Crippen LogP contribution in [0, 0.1) is 18.7 Å². The Kier molecular flexibility index (Phi) is 6.82. The molecule has 0 bridgehead atoms. The van der Waals surface area contributed by atoms with Gasteiger partial charge < -0.3 is 14.4 Å². The summed E-state index contributed by atoms with van der Waals surface area (Å²) in [5.41, 5.74) is 2.02. The van der Waals surface area contributed by atoms with Crippen molar-refractivity contribution in [1.29, 1.82) is 0 Å². The summed E-state index contributed by atoms with van der Waals surface area (Å²) in [6.45, 7) is 5.62. The van der Waals surface area contributed by atoms with Crippen LogP contribution in [0.4, 0.5) is 4.39 Å². The Morgan fingerprint density at radius 2 is 1.97 bits per heavy atom. The SMILES string of the molecule is COC(=O)c1cn([C@H](CO)C(C)C)c2cc(C)c(Cc3cccc(Cl)c3F)cc2c1=O. The number of hydrogen-bond donors (Lipinski definition) is 1. The number of carbonyl (C=O) groups is 1. The second kappa shape index (κ2) is 9.20. The van der Waals surface area contributed by atoms with E-state index in [9.17, 15) is 19.1 Å². The van der Waals surface area contributed by atoms with E-state index in [4.69, 9.17) is 16.3 Å². The Balaban J connectivity index is 2.29. The molecule has 0 saturated carbocycles. The first-order chi connectivity index (χ1) is 14.7. The topological polar surface area (TPSA) is 68.5 Å². The lowest BCUT2D eigenvalue weighted by Crippen LogP contribution is -2.26. The smallest absolute Gasteiger partial charge is 0.343 e. The van der Waals surface area contributed by atoms with Crippen molar-refractivity contribution in [3.8, 4) is 0 Å². The minimum Gasteiger partial charge on any atom is -0.465 e. The van der Waals surface area contributed by atoms with Crippen molar-refractivity contribution in [3.05, 3.63) is 79.8 Å². The number of hydrogen-bond acceptors (Lipinski definition) is 4. The zero-order chi connectivity index (χ0) is 22.9. The number of carbonyl (C=O) groups excluding carboxylic acids is 1. The molecule has 5 nitrogen and oxygen atoms in total. The van der Waals surface area contributed by atoms with Gasteiger partial charge in [-0.15, -0.1) is 0 Å². The maximum Gasteiger partial charge on any atom is 0.343 e. The number of pyridine rings is 1. The van der Waals surface area contributed by atoms with Crippen LogP contribution in [0.2, 0.25) is 5.02 Å². The van der Waals surface area contributed by atoms with Crippen LogP contribution in [0.15, 0.2) is 41.3 Å². The summed E-state index contributed by atoms with van der Waals surface area (Å²) in [6.07, 6.45) is 1.69. The highest BCUT2D eigenvalue weighted by Gasteiger charge is 2.22. The monoisotopic (exact) mass is 445 g/mol. The molecule has 1 N–H and O–H groups in total. The van der Waals surface area contributed by atoms with Gasteiger partial charge in [-0.1, -0.05) is 37.6 Å². The molecule has 0 amide bonds. The zero-order valence-corrected chi connectivity index (χ0v) is 18.7. The molecule has 0 aliphatic carbocycles. The van der Waals surface area contributed by atoms with Crippen molar-refractivity contribution < 1.29 is 19.0 Å². The standard InChI is InChI=1S/C24H25ClFNO4/c1-13(2)21(12-28)27-11-18(24(30)31-4)23(29)17-10-16(14(3)8-20(17)27)9-15-6-5-7-19(25)22(15)26/h5-8,10-11,13,21,28H,9,12H2,1-4H3/t21-/m1/s1. The van der Waals surface area contributed by atoms with Gasteiger partial charge in [0.05, 0.1) is 30.3 Å². The number of aromatic nitrogens is 1. The van der Waals surface area contributed by atoms with Crippen LogP contribution < -0.4 is 5.43 Å². The van der Waals surface area contributed by atoms with Gasteiger partial charge >= 0.3 is 5.97 Å². The largest absolute Gasteiger partial charge is 0.465 e. The minimum atomic E-state index is -0.746. The van der Waals surface area contributed by atoms with Gasteiger partial charge in [-0.2, -0.15) is 0 Å². The third-order valence-corrected chi connectivity index (χ3v) is 5.91. The van der Waals surface area contributed by atoms with Gasteiger partial charge in [0.2, 0.25) is 5.43 Å². The highest BCUT2D eigenvalue weighted by Crippen LogP contribution is 2.28. The minimum absolute atomic E-state index is 0.0361. The molecule has 0 saturated heterocycles. The van der Waals surface area contributed by atoms with Crippen molar-refractivity contribution in [2.45, 2.75) is 33.2 Å². The van der Waals surface area contributed by atoms with Crippen LogP contribution in [0.3, 0.4) is 0 Å². The summed E-state index contributed by atoms with van der Waals surface area (Å²) in [6, 6.07) is 7.98. The third kappa shape index (κ3) is 4.36. The molecular weight excluding hydrogens is 421 g/mol. The summed E-state index contributed by atoms with van der Waals surface area (Å²) < 4.78 is 21.0. The Bertz CT molecular complexity index is 1200. The van der Waals surface area contributed by atoms with Crippen molar-refractivity contribution >= 4 is 28.5 Å². The molecule has 0 unspecified atom stereocenters. The number of fused-ring (bicyclic) bond motifs is 1. The van der Waals surface area contributed by atoms with Crippen LogP contribution in [-0.2, 0) is 11.2 Å². The molecule has 3 rings (SSSR count). The second-order valence-corrected chi connectivity index (χ2v) is 8.36. The number of aliphatic hydroxyl groups is 1. The average Bonchev–Trinajstić information content (AvgIpc) is 2.73. The van der Waals surface area contributed by atoms with Crippen molar-refractivity contribution in [2.24, 2.45) is 5.92 Å². The van der Waals surface area contributed by atoms with Gasteiger partial charge in [-0.25, -0.2) is 9.18 Å². The summed E-state index contributed by atoms with van der Waals surface area (Å²) >= 11 is 5.91. The molecule has 0 spiro atoms. The van der Waals surface area contributed by atoms with E-state index in [2.05, 4.69) is 0 Å². The van der Waals surface area contributed by atoms with Gasteiger partial charge in [0.1, 0.15) is 11.4 Å². The lowest BCUT2D eigenvalue weighted by Gasteiger charge is -2.25. The number of benzene rings is 2. The lowest BCUT2D eigenvalue weighted by atomic mass is 9.96. The number of nitrogens with zero attached hydrogens (tertiary/aromatic N) is 1. The highest BCUT2D eigenvalue weighted by atomic mass is 35.5. The second-order valence-electron chi connectivity index (χ2n) is 7.95. The Labute approximate surface area is 185 Å². The molecule has 164 valence electrons. The highest BCUT2D eigenvalue weighted by molar-refractivity contribution is 6.30. The Hall–Kier alpha value is -2.70. The first-order valence-corrected chi connectivity index (χ1v) is 10.4. The van der Waals surface area contributed by atoms with E-state index >= 15 is 0 Å². The molecule has 1 atom stereocenters. The molecule has 31 heavy (non-hydrogen) atoms. The van der Waals surface area contributed by atoms with Gasteiger partial charge in [0.25, 0.3) is 0 Å². The van der Waals surface area contributed by atoms with Crippen molar-refractivity contribution in [2.75, 3.05) is 13.7 Å². The number of aliphatic hydroxyl groups excluding tert-OH is 1. The predicted octanol–water partition coefficient (Wildman–Crippen LogP) is 4.67. The van der Waals surface area contributed by atoms with E-state index in [1.165, 1.54) is 19.4 Å². The normalized spacial score (nSPS) is 12.4. The van der Waals surface area contributed by atoms with Crippen LogP contribution in [0.1, 0.15) is 46.9 Å². The van der Waals surface area contributed by atoms with E-state index in [0.717, 1.165) is 11.1 Å². The van der Waals surface area contributed by atoms with Crippen molar-refractivity contribution in [3.63, 3.8) is 0 Å². The number of ether oxygens (including phenoxy) is 1. The molecular formula is C24H25ClFNO4. The van der Waals surface area contributed by atoms with E-state index in [1.807, 2.05) is 26.8 Å². The lowest BCUT2D eigenvalue weighted by molar-refractivity contribution is 0.0597. The van der Waals surface area contributed by atoms with Gasteiger partial charge in [0, 0.05) is 18.0 Å². The number of halogens is 2. The van der Waals surface area contributed by atoms with Crippen LogP contribution in [0.5, 0.6) is 0 Å². The van der Waals surface area contributed by atoms with Gasteiger partial charge in [-0.3, -0.25) is 4.79 Å². The molecule has 0 fully saturated rings. The summed E-state index contributed by atoms with van der Waals surface area (Å²) in [4.78, 5) is 25.4. The molecule has 0 aliphatic rings. The molecule has 7 heteroatoms. The maximum absolute atomic E-state index is 14.4. The first-order valence-electron chi connectivity index (χ1n) is 10.00. The first kappa shape index (κ1) is 23.0. The number of aryl methyl sites for hydroxylation is 1. The van der Waals surface area contributed by atoms with Crippen molar-refractivity contribution in [1.82, 2.24) is 4.57 Å². The fraction of sp³-hybridized carbons (Fsp3) is 0.333. The zero-order valence-electron chi connectivity index (χ0n) is 17.9. The maximum atomic E-state index is 14.4. The fourth-order valence-corrected chi connectivity index (χ4v) is 3.97. The van der Waals surface area contributed by atoms with Gasteiger partial charge in [-0.05, 0) is 47.7 Å². The molecule has 1 heterocycles. The van der Waals surface area contributed by atoms with E-state index in [-0.39, 0.29) is 35.6 Å². The molecule has 1 aromatic heterocycles. The van der Waals surface area contributed by atoms with E-state index < -0.39 is 17.2 Å². The fourth-order valence-electron chi connectivity index (χ4n) is 3.78. The quantitative estimate of drug-likeness (QED) is 0.560. The summed E-state index contributed by atoms with van der Waals surface area (Å²) in [7, 11) is 1.21. The van der Waals surface area contributed by atoms with E-state index in [0.29, 0.717) is 16.5 Å².